The van der Waals surface area contributed by atoms with Gasteiger partial charge in [0.25, 0.3) is 0 Å². The Morgan fingerprint density at radius 3 is 3.00 bits per heavy atom. The van der Waals surface area contributed by atoms with E-state index in [4.69, 9.17) is 16.3 Å². The van der Waals surface area contributed by atoms with Crippen LogP contribution in [0.4, 0.5) is 4.39 Å². The molecular weight excluding hydrogens is 229 g/mol. The Labute approximate surface area is 99.7 Å². The Kier molecular flexibility index (Phi) is 3.66. The zero-order valence-corrected chi connectivity index (χ0v) is 9.98. The molecule has 1 atom stereocenters. The van der Waals surface area contributed by atoms with Gasteiger partial charge in [-0.2, -0.15) is 0 Å². The van der Waals surface area contributed by atoms with Crippen LogP contribution in [0.5, 0.6) is 5.75 Å². The molecule has 4 heteroatoms. The van der Waals surface area contributed by atoms with Crippen LogP contribution >= 0.6 is 11.6 Å². The van der Waals surface area contributed by atoms with E-state index in [1.165, 1.54) is 13.2 Å². The summed E-state index contributed by atoms with van der Waals surface area (Å²) in [6.07, 6.45) is 2.04. The van der Waals surface area contributed by atoms with Crippen LogP contribution in [0.15, 0.2) is 12.1 Å². The number of benzene rings is 1. The molecule has 0 bridgehead atoms. The van der Waals surface area contributed by atoms with Crippen LogP contribution in [0.2, 0.25) is 5.02 Å². The maximum absolute atomic E-state index is 13.2. The van der Waals surface area contributed by atoms with Crippen molar-refractivity contribution in [3.8, 4) is 5.75 Å². The lowest BCUT2D eigenvalue weighted by atomic mass is 9.98. The molecule has 0 aliphatic carbocycles. The largest absolute Gasteiger partial charge is 0.495 e. The zero-order chi connectivity index (χ0) is 11.5. The molecule has 88 valence electrons. The molecule has 0 amide bonds. The minimum atomic E-state index is -0.424. The van der Waals surface area contributed by atoms with Gasteiger partial charge in [-0.3, -0.25) is 0 Å². The molecule has 1 aromatic carbocycles. The summed E-state index contributed by atoms with van der Waals surface area (Å²) in [7, 11) is 1.52. The van der Waals surface area contributed by atoms with Crippen LogP contribution in [0.3, 0.4) is 0 Å². The highest BCUT2D eigenvalue weighted by Gasteiger charge is 2.19. The summed E-state index contributed by atoms with van der Waals surface area (Å²) in [5, 5.41) is 3.40. The van der Waals surface area contributed by atoms with Crippen molar-refractivity contribution in [2.24, 2.45) is 5.92 Å². The van der Waals surface area contributed by atoms with E-state index in [1.54, 1.807) is 6.07 Å². The molecule has 1 unspecified atom stereocenters. The summed E-state index contributed by atoms with van der Waals surface area (Å²) in [4.78, 5) is 0. The quantitative estimate of drug-likeness (QED) is 0.881. The first kappa shape index (κ1) is 11.7. The predicted molar refractivity (Wildman–Crippen MR) is 62.6 cm³/mol. The number of ether oxygens (including phenoxy) is 1. The first-order chi connectivity index (χ1) is 7.72. The Morgan fingerprint density at radius 1 is 1.56 bits per heavy atom. The third-order valence-electron chi connectivity index (χ3n) is 3.01. The van der Waals surface area contributed by atoms with Gasteiger partial charge in [-0.05, 0) is 43.5 Å². The van der Waals surface area contributed by atoms with Gasteiger partial charge >= 0.3 is 0 Å². The standard InChI is InChI=1S/C12H15ClFNO/c1-16-12-9(2-3-10(14)11(12)13)6-8-4-5-15-7-8/h2-3,8,15H,4-7H2,1H3. The average Bonchev–Trinajstić information content (AvgIpc) is 2.77. The molecule has 1 fully saturated rings. The molecule has 2 nitrogen and oxygen atoms in total. The van der Waals surface area contributed by atoms with Crippen LogP contribution in [0.25, 0.3) is 0 Å². The Hall–Kier alpha value is -0.800. The van der Waals surface area contributed by atoms with E-state index in [0.717, 1.165) is 31.5 Å². The lowest BCUT2D eigenvalue weighted by Crippen LogP contribution is -2.11. The number of hydrogen-bond donors (Lipinski definition) is 1. The van der Waals surface area contributed by atoms with Crippen molar-refractivity contribution in [1.82, 2.24) is 5.32 Å². The van der Waals surface area contributed by atoms with Crippen LogP contribution in [0, 0.1) is 11.7 Å². The van der Waals surface area contributed by atoms with Gasteiger partial charge in [0.2, 0.25) is 0 Å². The molecule has 1 heterocycles. The molecule has 1 saturated heterocycles. The minimum absolute atomic E-state index is 0.0888. The fourth-order valence-electron chi connectivity index (χ4n) is 2.15. The smallest absolute Gasteiger partial charge is 0.145 e. The minimum Gasteiger partial charge on any atom is -0.495 e. The first-order valence-electron chi connectivity index (χ1n) is 5.44. The second kappa shape index (κ2) is 5.02. The summed E-state index contributed by atoms with van der Waals surface area (Å²) in [5.74, 6) is 0.649. The topological polar surface area (TPSA) is 21.3 Å². The average molecular weight is 244 g/mol. The van der Waals surface area contributed by atoms with Crippen molar-refractivity contribution < 1.29 is 9.13 Å². The Bertz CT molecular complexity index is 378. The van der Waals surface area contributed by atoms with E-state index in [2.05, 4.69) is 5.32 Å². The molecule has 0 spiro atoms. The molecule has 0 radical (unpaired) electrons. The fourth-order valence-corrected chi connectivity index (χ4v) is 2.41. The summed E-state index contributed by atoms with van der Waals surface area (Å²) in [6.45, 7) is 2.07. The molecule has 0 saturated carbocycles. The predicted octanol–water partition coefficient (Wildman–Crippen LogP) is 2.64. The summed E-state index contributed by atoms with van der Waals surface area (Å²) < 4.78 is 18.4. The van der Waals surface area contributed by atoms with Gasteiger partial charge < -0.3 is 10.1 Å². The van der Waals surface area contributed by atoms with E-state index < -0.39 is 5.82 Å². The lowest BCUT2D eigenvalue weighted by molar-refractivity contribution is 0.402. The van der Waals surface area contributed by atoms with Gasteiger partial charge in [0.05, 0.1) is 7.11 Å². The van der Waals surface area contributed by atoms with Crippen molar-refractivity contribution in [3.05, 3.63) is 28.5 Å². The van der Waals surface area contributed by atoms with Gasteiger partial charge in [-0.25, -0.2) is 4.39 Å². The molecule has 0 aromatic heterocycles. The van der Waals surface area contributed by atoms with Gasteiger partial charge in [0.1, 0.15) is 16.6 Å². The third kappa shape index (κ3) is 2.30. The van der Waals surface area contributed by atoms with E-state index in [9.17, 15) is 4.39 Å². The second-order valence-electron chi connectivity index (χ2n) is 4.12. The molecule has 16 heavy (non-hydrogen) atoms. The van der Waals surface area contributed by atoms with Crippen molar-refractivity contribution in [3.63, 3.8) is 0 Å². The summed E-state index contributed by atoms with van der Waals surface area (Å²) in [5.41, 5.74) is 0.989. The summed E-state index contributed by atoms with van der Waals surface area (Å²) >= 11 is 5.87. The van der Waals surface area contributed by atoms with E-state index in [1.807, 2.05) is 0 Å². The van der Waals surface area contributed by atoms with E-state index >= 15 is 0 Å². The maximum atomic E-state index is 13.2. The zero-order valence-electron chi connectivity index (χ0n) is 9.22. The van der Waals surface area contributed by atoms with Crippen molar-refractivity contribution in [1.29, 1.82) is 0 Å². The number of nitrogens with one attached hydrogen (secondary N) is 1. The second-order valence-corrected chi connectivity index (χ2v) is 4.49. The molecule has 2 rings (SSSR count). The number of halogens is 2. The van der Waals surface area contributed by atoms with Gasteiger partial charge in [0.15, 0.2) is 0 Å². The van der Waals surface area contributed by atoms with E-state index in [-0.39, 0.29) is 5.02 Å². The molecule has 1 aliphatic heterocycles. The number of rotatable bonds is 3. The van der Waals surface area contributed by atoms with Gasteiger partial charge in [-0.1, -0.05) is 17.7 Å². The Morgan fingerprint density at radius 2 is 2.38 bits per heavy atom. The normalized spacial score (nSPS) is 20.1. The highest BCUT2D eigenvalue weighted by molar-refractivity contribution is 6.32. The van der Waals surface area contributed by atoms with E-state index in [0.29, 0.717) is 11.7 Å². The van der Waals surface area contributed by atoms with Crippen molar-refractivity contribution in [2.75, 3.05) is 20.2 Å². The highest BCUT2D eigenvalue weighted by atomic mass is 35.5. The van der Waals surface area contributed by atoms with Gasteiger partial charge in [0, 0.05) is 0 Å². The lowest BCUT2D eigenvalue weighted by Gasteiger charge is -2.13. The van der Waals surface area contributed by atoms with Crippen molar-refractivity contribution in [2.45, 2.75) is 12.8 Å². The maximum Gasteiger partial charge on any atom is 0.145 e. The SMILES string of the molecule is COc1c(CC2CCNC2)ccc(F)c1Cl. The van der Waals surface area contributed by atoms with Gasteiger partial charge in [-0.15, -0.1) is 0 Å². The van der Waals surface area contributed by atoms with Crippen molar-refractivity contribution >= 4 is 11.6 Å². The highest BCUT2D eigenvalue weighted by Crippen LogP contribution is 2.33. The monoisotopic (exact) mass is 243 g/mol. The third-order valence-corrected chi connectivity index (χ3v) is 3.36. The first-order valence-corrected chi connectivity index (χ1v) is 5.81. The number of hydrogen-bond acceptors (Lipinski definition) is 2. The Balaban J connectivity index is 2.22. The molecular formula is C12H15ClFNO. The molecule has 1 N–H and O–H groups in total. The molecule has 1 aliphatic rings. The summed E-state index contributed by atoms with van der Waals surface area (Å²) in [6, 6.07) is 3.17. The number of methoxy groups -OCH3 is 1. The van der Waals surface area contributed by atoms with Crippen LogP contribution in [-0.4, -0.2) is 20.2 Å². The van der Waals surface area contributed by atoms with Crippen LogP contribution in [-0.2, 0) is 6.42 Å². The van der Waals surface area contributed by atoms with Crippen LogP contribution in [0.1, 0.15) is 12.0 Å². The fraction of sp³-hybridized carbons (Fsp3) is 0.500. The molecule has 1 aromatic rings. The van der Waals surface area contributed by atoms with Crippen LogP contribution < -0.4 is 10.1 Å².